The van der Waals surface area contributed by atoms with E-state index in [0.29, 0.717) is 22.8 Å². The van der Waals surface area contributed by atoms with Crippen molar-refractivity contribution in [2.24, 2.45) is 5.10 Å². The Morgan fingerprint density at radius 2 is 2.09 bits per heavy atom. The van der Waals surface area contributed by atoms with Crippen LogP contribution in [0.3, 0.4) is 0 Å². The van der Waals surface area contributed by atoms with E-state index in [1.54, 1.807) is 11.6 Å². The first-order valence-corrected chi connectivity index (χ1v) is 8.15. The number of carbonyl (C=O) groups is 2. The molecule has 2 heterocycles. The molecule has 8 heteroatoms. The van der Waals surface area contributed by atoms with Crippen molar-refractivity contribution in [3.63, 3.8) is 0 Å². The highest BCUT2D eigenvalue weighted by Crippen LogP contribution is 2.22. The van der Waals surface area contributed by atoms with Crippen LogP contribution in [0, 0.1) is 6.92 Å². The second-order valence-corrected chi connectivity index (χ2v) is 6.20. The molecule has 1 saturated heterocycles. The summed E-state index contributed by atoms with van der Waals surface area (Å²) >= 11 is 6.31. The van der Waals surface area contributed by atoms with Gasteiger partial charge in [-0.2, -0.15) is 10.2 Å². The lowest BCUT2D eigenvalue weighted by Gasteiger charge is -2.17. The average molecular weight is 340 g/mol. The number of hydrogen-bond donors (Lipinski definition) is 1. The van der Waals surface area contributed by atoms with Crippen LogP contribution in [0.25, 0.3) is 0 Å². The van der Waals surface area contributed by atoms with Gasteiger partial charge >= 0.3 is 6.03 Å². The molecule has 1 aliphatic rings. The van der Waals surface area contributed by atoms with E-state index >= 15 is 0 Å². The zero-order chi connectivity index (χ0) is 17.2. The third-order valence-corrected chi connectivity index (χ3v) is 4.48. The van der Waals surface area contributed by atoms with Crippen molar-refractivity contribution in [2.75, 3.05) is 0 Å². The fraction of sp³-hybridized carbons (Fsp3) is 0.600. The van der Waals surface area contributed by atoms with Crippen LogP contribution in [-0.4, -0.2) is 38.5 Å². The topological polar surface area (TPSA) is 79.6 Å². The lowest BCUT2D eigenvalue weighted by Crippen LogP contribution is -2.42. The highest BCUT2D eigenvalue weighted by molar-refractivity contribution is 6.32. The van der Waals surface area contributed by atoms with Gasteiger partial charge in [-0.3, -0.25) is 9.48 Å². The fourth-order valence-corrected chi connectivity index (χ4v) is 2.61. The molecule has 1 aliphatic heterocycles. The van der Waals surface area contributed by atoms with Crippen LogP contribution in [-0.2, 0) is 11.3 Å². The predicted octanol–water partition coefficient (Wildman–Crippen LogP) is 2.70. The summed E-state index contributed by atoms with van der Waals surface area (Å²) in [7, 11) is 0. The number of urea groups is 1. The van der Waals surface area contributed by atoms with Crippen LogP contribution in [0.15, 0.2) is 5.10 Å². The number of imide groups is 1. The number of nitrogens with one attached hydrogen (secondary N) is 1. The minimum Gasteiger partial charge on any atom is -0.322 e. The first kappa shape index (κ1) is 17.5. The van der Waals surface area contributed by atoms with Crippen LogP contribution < -0.4 is 5.32 Å². The predicted molar refractivity (Wildman–Crippen MR) is 88.5 cm³/mol. The standard InChI is InChI=1S/C15H22ClN5O2/c1-5-7-8-20-12(16)11(10(3)19-20)9-17-21-13(22)15(4,6-2)18-14(21)23/h9H,5-8H2,1-4H3,(H,18,23)/b17-9+. The molecule has 23 heavy (non-hydrogen) atoms. The molecule has 0 saturated carbocycles. The molecule has 0 aliphatic carbocycles. The molecule has 1 atom stereocenters. The molecule has 1 aromatic heterocycles. The number of aromatic nitrogens is 2. The summed E-state index contributed by atoms with van der Waals surface area (Å²) in [5.74, 6) is -0.367. The summed E-state index contributed by atoms with van der Waals surface area (Å²) in [5.41, 5.74) is 0.423. The van der Waals surface area contributed by atoms with Crippen molar-refractivity contribution in [3.8, 4) is 0 Å². The lowest BCUT2D eigenvalue weighted by molar-refractivity contribution is -0.130. The van der Waals surface area contributed by atoms with E-state index in [-0.39, 0.29) is 5.91 Å². The van der Waals surface area contributed by atoms with Gasteiger partial charge in [0.15, 0.2) is 0 Å². The van der Waals surface area contributed by atoms with Crippen molar-refractivity contribution < 1.29 is 9.59 Å². The van der Waals surface area contributed by atoms with Crippen LogP contribution in [0.5, 0.6) is 0 Å². The fourth-order valence-electron chi connectivity index (χ4n) is 2.30. The van der Waals surface area contributed by atoms with Gasteiger partial charge in [0, 0.05) is 6.54 Å². The Labute approximate surface area is 140 Å². The molecule has 1 unspecified atom stereocenters. The number of halogens is 1. The number of amides is 3. The Morgan fingerprint density at radius 3 is 2.65 bits per heavy atom. The maximum Gasteiger partial charge on any atom is 0.346 e. The summed E-state index contributed by atoms with van der Waals surface area (Å²) in [5, 5.41) is 12.3. The van der Waals surface area contributed by atoms with E-state index in [2.05, 4.69) is 22.4 Å². The third-order valence-electron chi connectivity index (χ3n) is 4.08. The Kier molecular flexibility index (Phi) is 5.09. The highest BCUT2D eigenvalue weighted by Gasteiger charge is 2.46. The number of aryl methyl sites for hydroxylation is 2. The Morgan fingerprint density at radius 1 is 1.39 bits per heavy atom. The molecule has 126 valence electrons. The van der Waals surface area contributed by atoms with Crippen molar-refractivity contribution in [1.82, 2.24) is 20.1 Å². The summed E-state index contributed by atoms with van der Waals surface area (Å²) < 4.78 is 1.71. The van der Waals surface area contributed by atoms with Crippen LogP contribution >= 0.6 is 11.6 Å². The number of hydrazone groups is 1. The van der Waals surface area contributed by atoms with Gasteiger partial charge in [0.1, 0.15) is 10.7 Å². The summed E-state index contributed by atoms with van der Waals surface area (Å²) in [6, 6.07) is -0.525. The Bertz CT molecular complexity index is 655. The molecule has 0 spiro atoms. The zero-order valence-electron chi connectivity index (χ0n) is 13.9. The molecule has 0 radical (unpaired) electrons. The summed E-state index contributed by atoms with van der Waals surface area (Å²) in [6.07, 6.45) is 3.93. The van der Waals surface area contributed by atoms with E-state index < -0.39 is 11.6 Å². The van der Waals surface area contributed by atoms with Gasteiger partial charge in [-0.05, 0) is 26.7 Å². The SMILES string of the molecule is CCCCn1nc(C)c(/C=N/N2C(=O)NC(C)(CC)C2=O)c1Cl. The molecule has 1 N–H and O–H groups in total. The van der Waals surface area contributed by atoms with Crippen LogP contribution in [0.1, 0.15) is 51.3 Å². The van der Waals surface area contributed by atoms with Gasteiger partial charge in [0.05, 0.1) is 17.5 Å². The number of nitrogens with zero attached hydrogens (tertiary/aromatic N) is 4. The summed E-state index contributed by atoms with van der Waals surface area (Å²) in [6.45, 7) is 8.15. The molecule has 0 bridgehead atoms. The van der Waals surface area contributed by atoms with Gasteiger partial charge in [0.25, 0.3) is 5.91 Å². The highest BCUT2D eigenvalue weighted by atomic mass is 35.5. The van der Waals surface area contributed by atoms with Crippen LogP contribution in [0.2, 0.25) is 5.15 Å². The van der Waals surface area contributed by atoms with Crippen molar-refractivity contribution in [3.05, 3.63) is 16.4 Å². The molecule has 0 aromatic carbocycles. The van der Waals surface area contributed by atoms with Gasteiger partial charge in [-0.1, -0.05) is 31.9 Å². The molecule has 3 amide bonds. The molecular formula is C15H22ClN5O2. The number of rotatable bonds is 6. The molecule has 1 fully saturated rings. The van der Waals surface area contributed by atoms with E-state index in [0.717, 1.165) is 24.4 Å². The van der Waals surface area contributed by atoms with Gasteiger partial charge < -0.3 is 5.32 Å². The first-order valence-electron chi connectivity index (χ1n) is 7.77. The van der Waals surface area contributed by atoms with Gasteiger partial charge in [0.2, 0.25) is 0 Å². The number of hydrogen-bond acceptors (Lipinski definition) is 4. The molecule has 7 nitrogen and oxygen atoms in total. The minimum atomic E-state index is -0.904. The van der Waals surface area contributed by atoms with Crippen molar-refractivity contribution in [2.45, 2.75) is 59.0 Å². The maximum absolute atomic E-state index is 12.3. The van der Waals surface area contributed by atoms with Crippen LogP contribution in [0.4, 0.5) is 4.79 Å². The second-order valence-electron chi connectivity index (χ2n) is 5.84. The maximum atomic E-state index is 12.3. The normalized spacial score (nSPS) is 21.5. The Hall–Kier alpha value is -1.89. The van der Waals surface area contributed by atoms with Gasteiger partial charge in [-0.15, -0.1) is 5.01 Å². The average Bonchev–Trinajstić information content (AvgIpc) is 2.90. The third kappa shape index (κ3) is 3.24. The van der Waals surface area contributed by atoms with Gasteiger partial charge in [-0.25, -0.2) is 4.79 Å². The van der Waals surface area contributed by atoms with E-state index in [1.807, 2.05) is 13.8 Å². The minimum absolute atomic E-state index is 0.367. The first-order chi connectivity index (χ1) is 10.8. The number of carbonyl (C=O) groups excluding carboxylic acids is 2. The van der Waals surface area contributed by atoms with E-state index in [1.165, 1.54) is 6.21 Å². The molecule has 2 rings (SSSR count). The largest absolute Gasteiger partial charge is 0.346 e. The molecule has 1 aromatic rings. The lowest BCUT2D eigenvalue weighted by atomic mass is 10.00. The quantitative estimate of drug-likeness (QED) is 0.639. The van der Waals surface area contributed by atoms with E-state index in [9.17, 15) is 9.59 Å². The van der Waals surface area contributed by atoms with Crippen molar-refractivity contribution >= 4 is 29.8 Å². The van der Waals surface area contributed by atoms with E-state index in [4.69, 9.17) is 11.6 Å². The monoisotopic (exact) mass is 339 g/mol. The summed E-state index contributed by atoms with van der Waals surface area (Å²) in [4.78, 5) is 24.2. The zero-order valence-corrected chi connectivity index (χ0v) is 14.6. The van der Waals surface area contributed by atoms with Crippen molar-refractivity contribution in [1.29, 1.82) is 0 Å². The number of unbranched alkanes of at least 4 members (excludes halogenated alkanes) is 1. The second kappa shape index (κ2) is 6.70. The smallest absolute Gasteiger partial charge is 0.322 e. The molecular weight excluding hydrogens is 318 g/mol. The Balaban J connectivity index is 2.22.